The molecule has 5 heteroatoms. The number of rotatable bonds is 8. The van der Waals surface area contributed by atoms with E-state index in [1.807, 2.05) is 6.92 Å². The van der Waals surface area contributed by atoms with Crippen molar-refractivity contribution in [3.63, 3.8) is 0 Å². The monoisotopic (exact) mass is 304 g/mol. The number of thiol groups is 1. The van der Waals surface area contributed by atoms with Crippen molar-refractivity contribution >= 4 is 12.6 Å². The molecule has 2 rings (SSSR count). The highest BCUT2D eigenvalue weighted by atomic mass is 32.1. The van der Waals surface area contributed by atoms with Crippen molar-refractivity contribution in [3.05, 3.63) is 0 Å². The first-order valence-electron chi connectivity index (χ1n) is 7.92. The largest absolute Gasteiger partial charge is 0.379 e. The van der Waals surface area contributed by atoms with Crippen LogP contribution in [0.25, 0.3) is 0 Å². The zero-order valence-electron chi connectivity index (χ0n) is 12.5. The standard InChI is InChI=1S/C15H28O4S/c1-2-16-10-14-7-6-12(19-14)9-15(20)18-11-13-5-3-4-8-17-13/h12-15,20H,2-11H2,1H3. The van der Waals surface area contributed by atoms with E-state index in [0.29, 0.717) is 13.2 Å². The van der Waals surface area contributed by atoms with Crippen molar-refractivity contribution in [1.29, 1.82) is 0 Å². The molecule has 0 aliphatic carbocycles. The molecular weight excluding hydrogens is 276 g/mol. The molecule has 0 amide bonds. The van der Waals surface area contributed by atoms with Crippen LogP contribution in [-0.4, -0.2) is 50.2 Å². The van der Waals surface area contributed by atoms with Crippen LogP contribution in [0.3, 0.4) is 0 Å². The highest BCUT2D eigenvalue weighted by molar-refractivity contribution is 7.80. The van der Waals surface area contributed by atoms with Crippen molar-refractivity contribution in [3.8, 4) is 0 Å². The van der Waals surface area contributed by atoms with E-state index in [2.05, 4.69) is 12.6 Å². The minimum Gasteiger partial charge on any atom is -0.379 e. The fraction of sp³-hybridized carbons (Fsp3) is 1.00. The smallest absolute Gasteiger partial charge is 0.103 e. The van der Waals surface area contributed by atoms with Crippen molar-refractivity contribution in [1.82, 2.24) is 0 Å². The maximum Gasteiger partial charge on any atom is 0.103 e. The highest BCUT2D eigenvalue weighted by Gasteiger charge is 2.27. The summed E-state index contributed by atoms with van der Waals surface area (Å²) in [4.78, 5) is 0. The van der Waals surface area contributed by atoms with E-state index < -0.39 is 0 Å². The summed E-state index contributed by atoms with van der Waals surface area (Å²) < 4.78 is 22.8. The minimum absolute atomic E-state index is 0.0589. The van der Waals surface area contributed by atoms with Crippen molar-refractivity contribution < 1.29 is 18.9 Å². The molecule has 0 aromatic heterocycles. The Morgan fingerprint density at radius 1 is 1.10 bits per heavy atom. The van der Waals surface area contributed by atoms with E-state index in [0.717, 1.165) is 38.9 Å². The van der Waals surface area contributed by atoms with Crippen LogP contribution in [0.15, 0.2) is 0 Å². The number of ether oxygens (including phenoxy) is 4. The van der Waals surface area contributed by atoms with Gasteiger partial charge in [0.15, 0.2) is 0 Å². The van der Waals surface area contributed by atoms with E-state index in [4.69, 9.17) is 18.9 Å². The Kier molecular flexibility index (Phi) is 7.66. The van der Waals surface area contributed by atoms with Crippen LogP contribution < -0.4 is 0 Å². The van der Waals surface area contributed by atoms with Crippen LogP contribution in [0, 0.1) is 0 Å². The molecule has 118 valence electrons. The van der Waals surface area contributed by atoms with Gasteiger partial charge in [0.05, 0.1) is 31.5 Å². The summed E-state index contributed by atoms with van der Waals surface area (Å²) in [7, 11) is 0. The molecule has 0 bridgehead atoms. The van der Waals surface area contributed by atoms with Crippen LogP contribution in [0.5, 0.6) is 0 Å². The fourth-order valence-corrected chi connectivity index (χ4v) is 3.10. The van der Waals surface area contributed by atoms with E-state index in [1.165, 1.54) is 12.8 Å². The average molecular weight is 304 g/mol. The van der Waals surface area contributed by atoms with Gasteiger partial charge in [-0.3, -0.25) is 0 Å². The summed E-state index contributed by atoms with van der Waals surface area (Å²) in [6.07, 6.45) is 7.31. The molecule has 2 saturated heterocycles. The van der Waals surface area contributed by atoms with Crippen LogP contribution in [0.1, 0.15) is 45.4 Å². The molecule has 0 radical (unpaired) electrons. The molecule has 0 saturated carbocycles. The van der Waals surface area contributed by atoms with E-state index >= 15 is 0 Å². The molecule has 0 aromatic rings. The first-order chi connectivity index (χ1) is 9.78. The van der Waals surface area contributed by atoms with Crippen molar-refractivity contribution in [2.45, 2.75) is 69.2 Å². The molecule has 2 aliphatic rings. The Labute approximate surface area is 127 Å². The summed E-state index contributed by atoms with van der Waals surface area (Å²) in [5, 5.41) is 0. The van der Waals surface area contributed by atoms with Crippen molar-refractivity contribution in [2.24, 2.45) is 0 Å². The lowest BCUT2D eigenvalue weighted by atomic mass is 10.1. The Bertz CT molecular complexity index is 258. The Morgan fingerprint density at radius 3 is 2.70 bits per heavy atom. The van der Waals surface area contributed by atoms with Gasteiger partial charge in [0, 0.05) is 19.6 Å². The van der Waals surface area contributed by atoms with Crippen LogP contribution in [-0.2, 0) is 18.9 Å². The second-order valence-corrected chi connectivity index (χ2v) is 6.21. The molecule has 2 aliphatic heterocycles. The molecule has 0 aromatic carbocycles. The van der Waals surface area contributed by atoms with E-state index in [1.54, 1.807) is 0 Å². The second kappa shape index (κ2) is 9.26. The lowest BCUT2D eigenvalue weighted by molar-refractivity contribution is -0.0602. The summed E-state index contributed by atoms with van der Waals surface area (Å²) >= 11 is 4.52. The van der Waals surface area contributed by atoms with Crippen LogP contribution in [0.4, 0.5) is 0 Å². The topological polar surface area (TPSA) is 36.9 Å². The van der Waals surface area contributed by atoms with Gasteiger partial charge >= 0.3 is 0 Å². The molecule has 2 heterocycles. The molecule has 2 fully saturated rings. The third kappa shape index (κ3) is 5.90. The van der Waals surface area contributed by atoms with Gasteiger partial charge < -0.3 is 18.9 Å². The molecule has 4 unspecified atom stereocenters. The van der Waals surface area contributed by atoms with E-state index in [-0.39, 0.29) is 23.7 Å². The molecule has 20 heavy (non-hydrogen) atoms. The number of hydrogen-bond donors (Lipinski definition) is 1. The summed E-state index contributed by atoms with van der Waals surface area (Å²) in [5.41, 5.74) is -0.0589. The molecule has 0 spiro atoms. The number of hydrogen-bond acceptors (Lipinski definition) is 5. The first kappa shape index (κ1) is 16.6. The first-order valence-corrected chi connectivity index (χ1v) is 8.44. The summed E-state index contributed by atoms with van der Waals surface area (Å²) in [6.45, 7) is 5.00. The molecule has 0 N–H and O–H groups in total. The third-order valence-corrected chi connectivity index (χ3v) is 4.28. The lowest BCUT2D eigenvalue weighted by Crippen LogP contribution is -2.27. The second-order valence-electron chi connectivity index (χ2n) is 5.63. The third-order valence-electron chi connectivity index (χ3n) is 3.92. The predicted octanol–water partition coefficient (Wildman–Crippen LogP) is 2.80. The minimum atomic E-state index is -0.0589. The van der Waals surface area contributed by atoms with Gasteiger partial charge in [-0.25, -0.2) is 0 Å². The zero-order chi connectivity index (χ0) is 14.2. The predicted molar refractivity (Wildman–Crippen MR) is 81.3 cm³/mol. The maximum atomic E-state index is 5.94. The maximum absolute atomic E-state index is 5.94. The van der Waals surface area contributed by atoms with Gasteiger partial charge in [-0.15, -0.1) is 12.6 Å². The van der Waals surface area contributed by atoms with Gasteiger partial charge in [0.1, 0.15) is 5.44 Å². The Morgan fingerprint density at radius 2 is 1.95 bits per heavy atom. The highest BCUT2D eigenvalue weighted by Crippen LogP contribution is 2.25. The SMILES string of the molecule is CCOCC1CCC(CC(S)OCC2CCCCO2)O1. The normalized spacial score (nSPS) is 32.4. The van der Waals surface area contributed by atoms with Crippen LogP contribution in [0.2, 0.25) is 0 Å². The van der Waals surface area contributed by atoms with Crippen molar-refractivity contribution in [2.75, 3.05) is 26.4 Å². The molecule has 4 nitrogen and oxygen atoms in total. The summed E-state index contributed by atoms with van der Waals surface area (Å²) in [5.74, 6) is 0. The Hall–Kier alpha value is 0.190. The van der Waals surface area contributed by atoms with Crippen LogP contribution >= 0.6 is 12.6 Å². The van der Waals surface area contributed by atoms with E-state index in [9.17, 15) is 0 Å². The van der Waals surface area contributed by atoms with Gasteiger partial charge in [-0.05, 0) is 39.0 Å². The van der Waals surface area contributed by atoms with Gasteiger partial charge in [0.2, 0.25) is 0 Å². The quantitative estimate of drug-likeness (QED) is 0.553. The van der Waals surface area contributed by atoms with Gasteiger partial charge in [-0.2, -0.15) is 0 Å². The Balaban J connectivity index is 1.56. The lowest BCUT2D eigenvalue weighted by Gasteiger charge is -2.24. The average Bonchev–Trinajstić information content (AvgIpc) is 2.91. The molecular formula is C15H28O4S. The molecule has 4 atom stereocenters. The van der Waals surface area contributed by atoms with Gasteiger partial charge in [0.25, 0.3) is 0 Å². The van der Waals surface area contributed by atoms with Gasteiger partial charge in [-0.1, -0.05) is 0 Å². The summed E-state index contributed by atoms with van der Waals surface area (Å²) in [6, 6.07) is 0. The fourth-order valence-electron chi connectivity index (χ4n) is 2.78. The zero-order valence-corrected chi connectivity index (χ0v) is 13.4.